The van der Waals surface area contributed by atoms with E-state index < -0.39 is 5.95 Å². The van der Waals surface area contributed by atoms with E-state index in [-0.39, 0.29) is 5.91 Å². The molecule has 0 saturated carbocycles. The number of halogens is 1. The number of hydrogen-bond acceptors (Lipinski definition) is 3. The summed E-state index contributed by atoms with van der Waals surface area (Å²) >= 11 is 0. The normalized spacial score (nSPS) is 10.1. The molecule has 0 bridgehead atoms. The highest BCUT2D eigenvalue weighted by Crippen LogP contribution is 2.07. The van der Waals surface area contributed by atoms with Crippen molar-refractivity contribution >= 4 is 5.91 Å². The largest absolute Gasteiger partial charge is 0.337 e. The van der Waals surface area contributed by atoms with Gasteiger partial charge < -0.3 is 4.90 Å². The van der Waals surface area contributed by atoms with E-state index in [1.165, 1.54) is 18.3 Å². The third-order valence-corrected chi connectivity index (χ3v) is 2.49. The smallest absolute Gasteiger partial charge is 0.255 e. The Morgan fingerprint density at radius 2 is 2.00 bits per heavy atom. The molecule has 0 radical (unpaired) electrons. The van der Waals surface area contributed by atoms with Gasteiger partial charge in [-0.15, -0.1) is 0 Å². The minimum absolute atomic E-state index is 0.195. The molecule has 0 atom stereocenters. The Kier molecular flexibility index (Phi) is 3.62. The number of carbonyl (C=O) groups excluding carboxylic acids is 1. The molecule has 0 spiro atoms. The van der Waals surface area contributed by atoms with E-state index in [9.17, 15) is 9.18 Å². The Morgan fingerprint density at radius 3 is 2.61 bits per heavy atom. The molecule has 18 heavy (non-hydrogen) atoms. The van der Waals surface area contributed by atoms with Crippen molar-refractivity contribution in [3.63, 3.8) is 0 Å². The Labute approximate surface area is 104 Å². The zero-order valence-corrected chi connectivity index (χ0v) is 9.88. The van der Waals surface area contributed by atoms with Gasteiger partial charge in [0.2, 0.25) is 5.95 Å². The van der Waals surface area contributed by atoms with Gasteiger partial charge in [0, 0.05) is 32.2 Å². The van der Waals surface area contributed by atoms with Crippen molar-refractivity contribution in [2.75, 3.05) is 7.05 Å². The second-order valence-electron chi connectivity index (χ2n) is 3.89. The van der Waals surface area contributed by atoms with Crippen molar-refractivity contribution in [1.29, 1.82) is 0 Å². The van der Waals surface area contributed by atoms with E-state index >= 15 is 0 Å². The fourth-order valence-electron chi connectivity index (χ4n) is 1.56. The molecule has 5 heteroatoms. The number of aromatic nitrogens is 2. The SMILES string of the molecule is CN(Cc1ccncc1)C(=O)c1ccc(F)nc1. The van der Waals surface area contributed by atoms with Gasteiger partial charge in [-0.2, -0.15) is 4.39 Å². The molecule has 92 valence electrons. The van der Waals surface area contributed by atoms with Gasteiger partial charge >= 0.3 is 0 Å². The van der Waals surface area contributed by atoms with Gasteiger partial charge in [0.05, 0.1) is 5.56 Å². The molecule has 0 aliphatic carbocycles. The maximum atomic E-state index is 12.7. The maximum Gasteiger partial charge on any atom is 0.255 e. The Bertz CT molecular complexity index is 528. The number of carbonyl (C=O) groups is 1. The standard InChI is InChI=1S/C13H12FN3O/c1-17(9-10-4-6-15-7-5-10)13(18)11-2-3-12(14)16-8-11/h2-8H,9H2,1H3. The van der Waals surface area contributed by atoms with Gasteiger partial charge in [-0.1, -0.05) is 0 Å². The highest BCUT2D eigenvalue weighted by atomic mass is 19.1. The zero-order chi connectivity index (χ0) is 13.0. The summed E-state index contributed by atoms with van der Waals surface area (Å²) < 4.78 is 12.7. The lowest BCUT2D eigenvalue weighted by Crippen LogP contribution is -2.26. The summed E-state index contributed by atoms with van der Waals surface area (Å²) in [6.45, 7) is 0.471. The molecule has 0 N–H and O–H groups in total. The van der Waals surface area contributed by atoms with Crippen LogP contribution in [0.1, 0.15) is 15.9 Å². The monoisotopic (exact) mass is 245 g/mol. The van der Waals surface area contributed by atoms with E-state index in [4.69, 9.17) is 0 Å². The van der Waals surface area contributed by atoms with Crippen LogP contribution in [-0.4, -0.2) is 27.8 Å². The molecule has 0 aromatic carbocycles. The first-order chi connectivity index (χ1) is 8.66. The van der Waals surface area contributed by atoms with Gasteiger partial charge in [-0.05, 0) is 29.8 Å². The van der Waals surface area contributed by atoms with Gasteiger partial charge in [0.15, 0.2) is 0 Å². The predicted molar refractivity (Wildman–Crippen MR) is 64.2 cm³/mol. The molecule has 2 aromatic rings. The maximum absolute atomic E-state index is 12.7. The van der Waals surface area contributed by atoms with E-state index in [0.717, 1.165) is 5.56 Å². The third-order valence-electron chi connectivity index (χ3n) is 2.49. The quantitative estimate of drug-likeness (QED) is 0.776. The predicted octanol–water partition coefficient (Wildman–Crippen LogP) is 1.89. The molecule has 1 amide bonds. The Morgan fingerprint density at radius 1 is 1.28 bits per heavy atom. The number of nitrogens with zero attached hydrogens (tertiary/aromatic N) is 3. The summed E-state index contributed by atoms with van der Waals surface area (Å²) in [5.74, 6) is -0.789. The first-order valence-electron chi connectivity index (χ1n) is 5.43. The minimum Gasteiger partial charge on any atom is -0.337 e. The molecule has 0 unspecified atom stereocenters. The van der Waals surface area contributed by atoms with Crippen LogP contribution in [0.5, 0.6) is 0 Å². The second-order valence-corrected chi connectivity index (χ2v) is 3.89. The van der Waals surface area contributed by atoms with Crippen LogP contribution < -0.4 is 0 Å². The van der Waals surface area contributed by atoms with Crippen molar-refractivity contribution in [2.24, 2.45) is 0 Å². The van der Waals surface area contributed by atoms with E-state index in [2.05, 4.69) is 9.97 Å². The molecule has 4 nitrogen and oxygen atoms in total. The van der Waals surface area contributed by atoms with Gasteiger partial charge in [-0.3, -0.25) is 9.78 Å². The fraction of sp³-hybridized carbons (Fsp3) is 0.154. The van der Waals surface area contributed by atoms with E-state index in [0.29, 0.717) is 12.1 Å². The molecule has 0 saturated heterocycles. The van der Waals surface area contributed by atoms with Crippen molar-refractivity contribution in [2.45, 2.75) is 6.54 Å². The average Bonchev–Trinajstić information content (AvgIpc) is 2.40. The number of amides is 1. The van der Waals surface area contributed by atoms with Gasteiger partial charge in [0.1, 0.15) is 0 Å². The highest BCUT2D eigenvalue weighted by molar-refractivity contribution is 5.93. The van der Waals surface area contributed by atoms with Crippen LogP contribution in [0.2, 0.25) is 0 Å². The van der Waals surface area contributed by atoms with Crippen molar-refractivity contribution < 1.29 is 9.18 Å². The third kappa shape index (κ3) is 2.88. The van der Waals surface area contributed by atoms with Crippen LogP contribution >= 0.6 is 0 Å². The molecule has 2 heterocycles. The average molecular weight is 245 g/mol. The topological polar surface area (TPSA) is 46.1 Å². The second kappa shape index (κ2) is 5.35. The molecular formula is C13H12FN3O. The van der Waals surface area contributed by atoms with Crippen LogP contribution in [0.3, 0.4) is 0 Å². The number of pyridine rings is 2. The first-order valence-corrected chi connectivity index (χ1v) is 5.43. The molecule has 0 aliphatic rings. The first kappa shape index (κ1) is 12.2. The number of hydrogen-bond donors (Lipinski definition) is 0. The lowest BCUT2D eigenvalue weighted by atomic mass is 10.2. The fourth-order valence-corrected chi connectivity index (χ4v) is 1.56. The van der Waals surface area contributed by atoms with E-state index in [1.54, 1.807) is 24.3 Å². The van der Waals surface area contributed by atoms with Crippen LogP contribution in [-0.2, 0) is 6.54 Å². The summed E-state index contributed by atoms with van der Waals surface area (Å²) in [6, 6.07) is 6.28. The molecular weight excluding hydrogens is 233 g/mol. The summed E-state index contributed by atoms with van der Waals surface area (Å²) in [4.78, 5) is 20.9. The molecule has 2 rings (SSSR count). The highest BCUT2D eigenvalue weighted by Gasteiger charge is 2.12. The molecule has 2 aromatic heterocycles. The van der Waals surface area contributed by atoms with Crippen LogP contribution in [0.15, 0.2) is 42.9 Å². The summed E-state index contributed by atoms with van der Waals surface area (Å²) in [5, 5.41) is 0. The summed E-state index contributed by atoms with van der Waals surface area (Å²) in [6.07, 6.45) is 4.58. The van der Waals surface area contributed by atoms with Crippen molar-refractivity contribution in [3.05, 3.63) is 59.9 Å². The van der Waals surface area contributed by atoms with Crippen molar-refractivity contribution in [3.8, 4) is 0 Å². The van der Waals surface area contributed by atoms with Crippen LogP contribution in [0.25, 0.3) is 0 Å². The van der Waals surface area contributed by atoms with Crippen LogP contribution in [0.4, 0.5) is 4.39 Å². The van der Waals surface area contributed by atoms with E-state index in [1.807, 2.05) is 12.1 Å². The molecule has 0 fully saturated rings. The number of rotatable bonds is 3. The lowest BCUT2D eigenvalue weighted by Gasteiger charge is -2.16. The Hall–Kier alpha value is -2.30. The lowest BCUT2D eigenvalue weighted by molar-refractivity contribution is 0.0784. The zero-order valence-electron chi connectivity index (χ0n) is 9.88. The molecule has 0 aliphatic heterocycles. The summed E-state index contributed by atoms with van der Waals surface area (Å²) in [7, 11) is 1.69. The van der Waals surface area contributed by atoms with Gasteiger partial charge in [0.25, 0.3) is 5.91 Å². The van der Waals surface area contributed by atoms with Crippen LogP contribution in [0, 0.1) is 5.95 Å². The minimum atomic E-state index is -0.594. The van der Waals surface area contributed by atoms with Gasteiger partial charge in [-0.25, -0.2) is 4.98 Å². The Balaban J connectivity index is 2.07. The summed E-state index contributed by atoms with van der Waals surface area (Å²) in [5.41, 5.74) is 1.35. The van der Waals surface area contributed by atoms with Crippen molar-refractivity contribution in [1.82, 2.24) is 14.9 Å².